The van der Waals surface area contributed by atoms with Crippen LogP contribution >= 0.6 is 23.1 Å². The Hall–Kier alpha value is -2.61. The molecule has 0 aliphatic carbocycles. The van der Waals surface area contributed by atoms with E-state index in [1.807, 2.05) is 25.1 Å². The summed E-state index contributed by atoms with van der Waals surface area (Å²) in [7, 11) is 1.62. The highest BCUT2D eigenvalue weighted by Crippen LogP contribution is 2.27. The molecule has 0 radical (unpaired) electrons. The van der Waals surface area contributed by atoms with Crippen molar-refractivity contribution in [3.05, 3.63) is 44.9 Å². The van der Waals surface area contributed by atoms with Crippen LogP contribution in [-0.4, -0.2) is 55.3 Å². The standard InChI is InChI=1S/C24H36N6O2S2/c1-5-13-30(17(3)15-25)22(31)16-29-12-11-18(23(26)27)14-20(33-6-2)8-7-19-9-10-21(34-19)24(32)28-4/h6,9-10,14,17-18,29H,2,5,7-8,11-13,16H2,1,3-4H3,(H3,26,27)(H,28,32)/b20-14+/t17-,18?/m0/s1. The highest BCUT2D eigenvalue weighted by molar-refractivity contribution is 8.05. The van der Waals surface area contributed by atoms with Crippen molar-refractivity contribution >= 4 is 40.7 Å². The number of allylic oxidation sites excluding steroid dienone is 1. The van der Waals surface area contributed by atoms with Crippen LogP contribution in [0, 0.1) is 22.7 Å². The quantitative estimate of drug-likeness (QED) is 0.155. The molecule has 1 rings (SSSR count). The highest BCUT2D eigenvalue weighted by atomic mass is 32.2. The van der Waals surface area contributed by atoms with Gasteiger partial charge < -0.3 is 21.3 Å². The first-order chi connectivity index (χ1) is 16.3. The maximum atomic E-state index is 12.5. The van der Waals surface area contributed by atoms with Crippen LogP contribution in [0.25, 0.3) is 0 Å². The van der Waals surface area contributed by atoms with Crippen LogP contribution in [-0.2, 0) is 11.2 Å². The summed E-state index contributed by atoms with van der Waals surface area (Å²) in [6, 6.07) is 5.44. The second-order valence-electron chi connectivity index (χ2n) is 7.68. The number of nitrogens with two attached hydrogens (primary N) is 1. The van der Waals surface area contributed by atoms with Gasteiger partial charge in [-0.05, 0) is 61.6 Å². The minimum Gasteiger partial charge on any atom is -0.387 e. The van der Waals surface area contributed by atoms with E-state index in [1.165, 1.54) is 23.1 Å². The predicted octanol–water partition coefficient (Wildman–Crippen LogP) is 3.48. The summed E-state index contributed by atoms with van der Waals surface area (Å²) in [5.41, 5.74) is 5.85. The molecule has 0 bridgehead atoms. The molecule has 1 heterocycles. The van der Waals surface area contributed by atoms with E-state index in [-0.39, 0.29) is 30.1 Å². The number of thiophene rings is 1. The van der Waals surface area contributed by atoms with Gasteiger partial charge in [0.15, 0.2) is 0 Å². The van der Waals surface area contributed by atoms with E-state index >= 15 is 0 Å². The van der Waals surface area contributed by atoms with Gasteiger partial charge in [-0.2, -0.15) is 5.26 Å². The summed E-state index contributed by atoms with van der Waals surface area (Å²) < 4.78 is 0. The SMILES string of the molecule is C=CS/C(=C/C(CCNCC(=O)N(CCC)[C@@H](C)C#N)C(=N)N)CCc1ccc(C(=O)NC)s1. The zero-order chi connectivity index (χ0) is 25.5. The lowest BCUT2D eigenvalue weighted by Crippen LogP contribution is -2.43. The minimum absolute atomic E-state index is 0.0685. The first-order valence-electron chi connectivity index (χ1n) is 11.3. The van der Waals surface area contributed by atoms with E-state index in [1.54, 1.807) is 24.3 Å². The molecule has 1 aromatic heterocycles. The Morgan fingerprint density at radius 2 is 2.18 bits per heavy atom. The molecule has 0 saturated carbocycles. The van der Waals surface area contributed by atoms with Crippen LogP contribution in [0.1, 0.15) is 47.7 Å². The van der Waals surface area contributed by atoms with Crippen LogP contribution in [0.2, 0.25) is 0 Å². The van der Waals surface area contributed by atoms with Crippen molar-refractivity contribution in [2.45, 2.75) is 45.6 Å². The first-order valence-corrected chi connectivity index (χ1v) is 13.0. The van der Waals surface area contributed by atoms with Gasteiger partial charge in [-0.3, -0.25) is 15.0 Å². The second kappa shape index (κ2) is 16.1. The summed E-state index contributed by atoms with van der Waals surface area (Å²) in [4.78, 5) is 28.6. The third-order valence-electron chi connectivity index (χ3n) is 5.10. The maximum absolute atomic E-state index is 12.5. The monoisotopic (exact) mass is 504 g/mol. The maximum Gasteiger partial charge on any atom is 0.261 e. The Bertz CT molecular complexity index is 906. The average Bonchev–Trinajstić information content (AvgIpc) is 3.30. The van der Waals surface area contributed by atoms with Crippen LogP contribution < -0.4 is 16.4 Å². The van der Waals surface area contributed by atoms with Crippen molar-refractivity contribution in [1.82, 2.24) is 15.5 Å². The minimum atomic E-state index is -0.462. The number of aryl methyl sites for hydroxylation is 1. The number of hydrogen-bond donors (Lipinski definition) is 4. The molecule has 186 valence electrons. The molecule has 0 aromatic carbocycles. The van der Waals surface area contributed by atoms with Crippen molar-refractivity contribution in [3.63, 3.8) is 0 Å². The summed E-state index contributed by atoms with van der Waals surface area (Å²) in [6.07, 6.45) is 4.88. The van der Waals surface area contributed by atoms with Crippen molar-refractivity contribution in [2.24, 2.45) is 11.7 Å². The Labute approximate surface area is 211 Å². The van der Waals surface area contributed by atoms with E-state index in [9.17, 15) is 9.59 Å². The number of nitriles is 1. The van der Waals surface area contributed by atoms with Crippen molar-refractivity contribution in [2.75, 3.05) is 26.7 Å². The van der Waals surface area contributed by atoms with Gasteiger partial charge in [-0.1, -0.05) is 19.6 Å². The van der Waals surface area contributed by atoms with Gasteiger partial charge in [-0.25, -0.2) is 0 Å². The van der Waals surface area contributed by atoms with Gasteiger partial charge in [0.2, 0.25) is 5.91 Å². The third-order valence-corrected chi connectivity index (χ3v) is 7.05. The molecule has 5 N–H and O–H groups in total. The first kappa shape index (κ1) is 29.4. The van der Waals surface area contributed by atoms with Crippen molar-refractivity contribution in [1.29, 1.82) is 10.7 Å². The molecule has 0 aliphatic rings. The second-order valence-corrected chi connectivity index (χ2v) is 9.94. The smallest absolute Gasteiger partial charge is 0.261 e. The van der Waals surface area contributed by atoms with Gasteiger partial charge in [0, 0.05) is 24.4 Å². The molecule has 34 heavy (non-hydrogen) atoms. The number of carbonyl (C=O) groups is 2. The fourth-order valence-corrected chi connectivity index (χ4v) is 4.88. The summed E-state index contributed by atoms with van der Waals surface area (Å²) >= 11 is 2.98. The molecular formula is C24H36N6O2S2. The summed E-state index contributed by atoms with van der Waals surface area (Å²) in [5, 5.41) is 24.6. The molecule has 2 amide bonds. The van der Waals surface area contributed by atoms with Crippen molar-refractivity contribution in [3.8, 4) is 6.07 Å². The highest BCUT2D eigenvalue weighted by Gasteiger charge is 2.19. The van der Waals surface area contributed by atoms with E-state index in [0.717, 1.165) is 29.0 Å². The number of rotatable bonds is 16. The van der Waals surface area contributed by atoms with Gasteiger partial charge in [0.25, 0.3) is 5.91 Å². The Balaban J connectivity index is 2.69. The topological polar surface area (TPSA) is 135 Å². The van der Waals surface area contributed by atoms with Crippen molar-refractivity contribution < 1.29 is 9.59 Å². The van der Waals surface area contributed by atoms with Crippen LogP contribution in [0.5, 0.6) is 0 Å². The zero-order valence-electron chi connectivity index (χ0n) is 20.2. The van der Waals surface area contributed by atoms with E-state index < -0.39 is 6.04 Å². The number of nitrogens with one attached hydrogen (secondary N) is 3. The molecule has 0 spiro atoms. The fraction of sp³-hybridized carbons (Fsp3) is 0.500. The van der Waals surface area contributed by atoms with Crippen LogP contribution in [0.3, 0.4) is 0 Å². The average molecular weight is 505 g/mol. The number of nitrogens with zero attached hydrogens (tertiary/aromatic N) is 2. The number of hydrogen-bond acceptors (Lipinski definition) is 7. The lowest BCUT2D eigenvalue weighted by Gasteiger charge is -2.24. The molecule has 0 fully saturated rings. The largest absolute Gasteiger partial charge is 0.387 e. The Kier molecular flexibility index (Phi) is 13.9. The number of thioether (sulfide) groups is 1. The lowest BCUT2D eigenvalue weighted by atomic mass is 10.0. The van der Waals surface area contributed by atoms with E-state index in [4.69, 9.17) is 16.4 Å². The summed E-state index contributed by atoms with van der Waals surface area (Å²) in [5.74, 6) is -0.394. The van der Waals surface area contributed by atoms with E-state index in [0.29, 0.717) is 24.4 Å². The number of amides is 2. The number of carbonyl (C=O) groups excluding carboxylic acids is 2. The predicted molar refractivity (Wildman–Crippen MR) is 142 cm³/mol. The Morgan fingerprint density at radius 1 is 1.44 bits per heavy atom. The molecular weight excluding hydrogens is 468 g/mol. The molecule has 1 aromatic rings. The van der Waals surface area contributed by atoms with Gasteiger partial charge in [0.1, 0.15) is 6.04 Å². The zero-order valence-corrected chi connectivity index (χ0v) is 21.9. The summed E-state index contributed by atoms with van der Waals surface area (Å²) in [6.45, 7) is 8.70. The molecule has 0 aliphatic heterocycles. The molecule has 8 nitrogen and oxygen atoms in total. The van der Waals surface area contributed by atoms with Gasteiger partial charge in [-0.15, -0.1) is 23.1 Å². The molecule has 1 unspecified atom stereocenters. The van der Waals surface area contributed by atoms with Crippen LogP contribution in [0.15, 0.2) is 35.1 Å². The van der Waals surface area contributed by atoms with Crippen LogP contribution in [0.4, 0.5) is 0 Å². The van der Waals surface area contributed by atoms with Gasteiger partial charge in [0.05, 0.1) is 23.3 Å². The molecule has 0 saturated heterocycles. The fourth-order valence-electron chi connectivity index (χ4n) is 3.24. The van der Waals surface area contributed by atoms with Gasteiger partial charge >= 0.3 is 0 Å². The lowest BCUT2D eigenvalue weighted by molar-refractivity contribution is -0.131. The number of amidine groups is 1. The molecule has 2 atom stereocenters. The Morgan fingerprint density at radius 3 is 2.76 bits per heavy atom. The van der Waals surface area contributed by atoms with E-state index in [2.05, 4.69) is 23.3 Å². The third kappa shape index (κ3) is 10.1. The molecule has 10 heteroatoms. The normalized spacial score (nSPS) is 12.9.